The van der Waals surface area contributed by atoms with Gasteiger partial charge in [-0.05, 0) is 26.7 Å². The van der Waals surface area contributed by atoms with E-state index in [9.17, 15) is 0 Å². The smallest absolute Gasteiger partial charge is 0.163 e. The Morgan fingerprint density at radius 3 is 2.71 bits per heavy atom. The fraction of sp³-hybridized carbons (Fsp3) is 0.412. The van der Waals surface area contributed by atoms with Crippen LogP contribution in [0, 0.1) is 0 Å². The number of aromatic nitrogens is 2. The second-order valence-corrected chi connectivity index (χ2v) is 5.52. The minimum absolute atomic E-state index is 0.554. The van der Waals surface area contributed by atoms with Gasteiger partial charge in [-0.2, -0.15) is 0 Å². The van der Waals surface area contributed by atoms with E-state index in [1.165, 1.54) is 12.8 Å². The average Bonchev–Trinajstić information content (AvgIpc) is 2.94. The largest absolute Gasteiger partial charge is 0.370 e. The fourth-order valence-corrected chi connectivity index (χ4v) is 2.84. The molecule has 2 heterocycles. The molecule has 0 saturated carbocycles. The Morgan fingerprint density at radius 1 is 1.24 bits per heavy atom. The van der Waals surface area contributed by atoms with E-state index in [1.54, 1.807) is 0 Å². The van der Waals surface area contributed by atoms with Gasteiger partial charge in [-0.1, -0.05) is 30.3 Å². The van der Waals surface area contributed by atoms with Crippen LogP contribution in [0.25, 0.3) is 11.4 Å². The second-order valence-electron chi connectivity index (χ2n) is 5.52. The van der Waals surface area contributed by atoms with Crippen molar-refractivity contribution >= 4 is 11.6 Å². The van der Waals surface area contributed by atoms with Crippen molar-refractivity contribution in [3.8, 4) is 11.4 Å². The Balaban J connectivity index is 2.02. The van der Waals surface area contributed by atoms with E-state index in [1.807, 2.05) is 18.2 Å². The minimum Gasteiger partial charge on any atom is -0.370 e. The van der Waals surface area contributed by atoms with Crippen molar-refractivity contribution in [2.45, 2.75) is 32.7 Å². The summed E-state index contributed by atoms with van der Waals surface area (Å²) >= 11 is 0. The van der Waals surface area contributed by atoms with Crippen LogP contribution >= 0.6 is 0 Å². The Kier molecular flexibility index (Phi) is 4.04. The number of nitrogens with zero attached hydrogens (tertiary/aromatic N) is 3. The highest BCUT2D eigenvalue weighted by molar-refractivity contribution is 5.62. The molecular weight excluding hydrogens is 260 g/mol. The lowest BCUT2D eigenvalue weighted by Crippen LogP contribution is -2.27. The minimum atomic E-state index is 0.554. The van der Waals surface area contributed by atoms with Crippen LogP contribution in [0.2, 0.25) is 0 Å². The number of anilines is 2. The Bertz CT molecular complexity index is 597. The molecule has 1 aromatic carbocycles. The molecule has 1 aliphatic heterocycles. The third kappa shape index (κ3) is 2.99. The summed E-state index contributed by atoms with van der Waals surface area (Å²) in [5.41, 5.74) is 1.06. The molecule has 1 unspecified atom stereocenters. The summed E-state index contributed by atoms with van der Waals surface area (Å²) in [6.07, 6.45) is 2.48. The molecule has 4 heteroatoms. The highest BCUT2D eigenvalue weighted by Crippen LogP contribution is 2.27. The number of benzene rings is 1. The average molecular weight is 282 g/mol. The molecule has 1 saturated heterocycles. The molecule has 0 aliphatic carbocycles. The van der Waals surface area contributed by atoms with E-state index in [2.05, 4.69) is 47.2 Å². The highest BCUT2D eigenvalue weighted by Gasteiger charge is 2.22. The zero-order valence-corrected chi connectivity index (χ0v) is 12.7. The van der Waals surface area contributed by atoms with Crippen molar-refractivity contribution in [3.63, 3.8) is 0 Å². The van der Waals surface area contributed by atoms with Crippen molar-refractivity contribution in [1.29, 1.82) is 0 Å². The summed E-state index contributed by atoms with van der Waals surface area (Å²) in [7, 11) is 0. The molecule has 1 N–H and O–H groups in total. The van der Waals surface area contributed by atoms with E-state index in [-0.39, 0.29) is 0 Å². The molecule has 3 rings (SSSR count). The highest BCUT2D eigenvalue weighted by atomic mass is 15.2. The van der Waals surface area contributed by atoms with Crippen LogP contribution in [-0.2, 0) is 0 Å². The summed E-state index contributed by atoms with van der Waals surface area (Å²) in [6, 6.07) is 12.8. The summed E-state index contributed by atoms with van der Waals surface area (Å²) in [5.74, 6) is 2.73. The molecule has 1 aromatic heterocycles. The molecular formula is C17H22N4. The van der Waals surface area contributed by atoms with Crippen LogP contribution in [-0.4, -0.2) is 29.1 Å². The summed E-state index contributed by atoms with van der Waals surface area (Å²) in [6.45, 7) is 6.30. The van der Waals surface area contributed by atoms with Crippen molar-refractivity contribution in [2.24, 2.45) is 0 Å². The molecule has 2 aromatic rings. The lowest BCUT2D eigenvalue weighted by atomic mass is 10.2. The maximum atomic E-state index is 4.79. The molecule has 0 bridgehead atoms. The zero-order chi connectivity index (χ0) is 14.7. The Labute approximate surface area is 126 Å². The first kappa shape index (κ1) is 13.9. The zero-order valence-electron chi connectivity index (χ0n) is 12.7. The van der Waals surface area contributed by atoms with Gasteiger partial charge < -0.3 is 10.2 Å². The lowest BCUT2D eigenvalue weighted by molar-refractivity contribution is 0.726. The van der Waals surface area contributed by atoms with E-state index in [0.29, 0.717) is 6.04 Å². The summed E-state index contributed by atoms with van der Waals surface area (Å²) in [4.78, 5) is 11.8. The number of nitrogens with one attached hydrogen (secondary N) is 1. The number of hydrogen-bond acceptors (Lipinski definition) is 4. The first-order valence-corrected chi connectivity index (χ1v) is 7.73. The van der Waals surface area contributed by atoms with Gasteiger partial charge in [0.1, 0.15) is 11.6 Å². The van der Waals surface area contributed by atoms with Gasteiger partial charge >= 0.3 is 0 Å². The van der Waals surface area contributed by atoms with Crippen molar-refractivity contribution in [3.05, 3.63) is 36.4 Å². The maximum absolute atomic E-state index is 4.79. The van der Waals surface area contributed by atoms with Gasteiger partial charge in [0.2, 0.25) is 0 Å². The summed E-state index contributed by atoms with van der Waals surface area (Å²) < 4.78 is 0. The van der Waals surface area contributed by atoms with Crippen molar-refractivity contribution in [2.75, 3.05) is 23.3 Å². The molecule has 4 nitrogen and oxygen atoms in total. The van der Waals surface area contributed by atoms with Crippen molar-refractivity contribution < 1.29 is 0 Å². The van der Waals surface area contributed by atoms with Gasteiger partial charge in [0.05, 0.1) is 0 Å². The maximum Gasteiger partial charge on any atom is 0.163 e. The van der Waals surface area contributed by atoms with Gasteiger partial charge in [-0.3, -0.25) is 0 Å². The van der Waals surface area contributed by atoms with Crippen LogP contribution in [0.1, 0.15) is 26.7 Å². The van der Waals surface area contributed by atoms with Crippen LogP contribution in [0.3, 0.4) is 0 Å². The molecule has 1 aliphatic rings. The quantitative estimate of drug-likeness (QED) is 0.931. The molecule has 21 heavy (non-hydrogen) atoms. The van der Waals surface area contributed by atoms with Gasteiger partial charge in [0.15, 0.2) is 5.82 Å². The Morgan fingerprint density at radius 2 is 2.05 bits per heavy atom. The molecule has 1 fully saturated rings. The lowest BCUT2D eigenvalue weighted by Gasteiger charge is -2.23. The van der Waals surface area contributed by atoms with Crippen LogP contribution in [0.5, 0.6) is 0 Å². The van der Waals surface area contributed by atoms with Crippen LogP contribution < -0.4 is 10.2 Å². The third-order valence-corrected chi connectivity index (χ3v) is 3.95. The Hall–Kier alpha value is -2.10. The molecule has 0 radical (unpaired) electrons. The van der Waals surface area contributed by atoms with Gasteiger partial charge in [0.25, 0.3) is 0 Å². The van der Waals surface area contributed by atoms with Crippen LogP contribution in [0.15, 0.2) is 36.4 Å². The predicted octanol–water partition coefficient (Wildman–Crippen LogP) is 3.56. The molecule has 1 atom stereocenters. The number of rotatable bonds is 4. The SMILES string of the molecule is CCNc1cc(N2CCCC2C)nc(-c2ccccc2)n1. The predicted molar refractivity (Wildman–Crippen MR) is 87.7 cm³/mol. The van der Waals surface area contributed by atoms with E-state index >= 15 is 0 Å². The van der Waals surface area contributed by atoms with Gasteiger partial charge in [0, 0.05) is 30.8 Å². The van der Waals surface area contributed by atoms with Crippen molar-refractivity contribution in [1.82, 2.24) is 9.97 Å². The van der Waals surface area contributed by atoms with E-state index in [0.717, 1.165) is 36.1 Å². The van der Waals surface area contributed by atoms with E-state index in [4.69, 9.17) is 4.98 Å². The number of hydrogen-bond donors (Lipinski definition) is 1. The summed E-state index contributed by atoms with van der Waals surface area (Å²) in [5, 5.41) is 3.32. The fourth-order valence-electron chi connectivity index (χ4n) is 2.84. The normalized spacial score (nSPS) is 18.0. The molecule has 0 amide bonds. The monoisotopic (exact) mass is 282 g/mol. The first-order chi connectivity index (χ1) is 10.3. The topological polar surface area (TPSA) is 41.0 Å². The van der Waals surface area contributed by atoms with Crippen LogP contribution in [0.4, 0.5) is 11.6 Å². The third-order valence-electron chi connectivity index (χ3n) is 3.95. The second kappa shape index (κ2) is 6.12. The standard InChI is InChI=1S/C17H22N4/c1-3-18-15-12-16(21-11-7-8-13(21)2)20-17(19-15)14-9-5-4-6-10-14/h4-6,9-10,12-13H,3,7-8,11H2,1-2H3,(H,18,19,20). The van der Waals surface area contributed by atoms with Gasteiger partial charge in [-0.15, -0.1) is 0 Å². The van der Waals surface area contributed by atoms with Gasteiger partial charge in [-0.25, -0.2) is 9.97 Å². The first-order valence-electron chi connectivity index (χ1n) is 7.73. The molecule has 0 spiro atoms. The van der Waals surface area contributed by atoms with E-state index < -0.39 is 0 Å². The molecule has 110 valence electrons.